The van der Waals surface area contributed by atoms with E-state index >= 15 is 0 Å². The molecule has 3 heterocycles. The van der Waals surface area contributed by atoms with Gasteiger partial charge in [-0.2, -0.15) is 0 Å². The maximum atomic E-state index is 13.3. The van der Waals surface area contributed by atoms with Crippen molar-refractivity contribution in [3.63, 3.8) is 0 Å². The third-order valence-corrected chi connectivity index (χ3v) is 8.46. The highest BCUT2D eigenvalue weighted by molar-refractivity contribution is 7.10. The Kier molecular flexibility index (Phi) is 12.0. The van der Waals surface area contributed by atoms with Crippen LogP contribution in [0.3, 0.4) is 0 Å². The van der Waals surface area contributed by atoms with Gasteiger partial charge in [0.15, 0.2) is 0 Å². The summed E-state index contributed by atoms with van der Waals surface area (Å²) in [6, 6.07) is 7.93. The molecule has 0 spiro atoms. The highest BCUT2D eigenvalue weighted by atomic mass is 35.5. The second-order valence-corrected chi connectivity index (χ2v) is 12.1. The SMILES string of the molecule is CC(C)[C@@H]1NC(=O)c2csc(n2)C(Cc2ccccc2)NC(=O)CN(C(=O)[C@@H](C)N)CCCNC(=O)c2csc1n2.Cl. The molecule has 226 valence electrons. The van der Waals surface area contributed by atoms with Gasteiger partial charge in [-0.05, 0) is 31.2 Å². The maximum absolute atomic E-state index is 13.3. The molecule has 1 unspecified atom stereocenters. The third-order valence-electron chi connectivity index (χ3n) is 6.57. The number of carbonyl (C=O) groups excluding carboxylic acids is 4. The Bertz CT molecular complexity index is 1380. The Balaban J connectivity index is 0.00000484. The quantitative estimate of drug-likeness (QED) is 0.344. The van der Waals surface area contributed by atoms with Crippen molar-refractivity contribution in [3.05, 3.63) is 68.1 Å². The van der Waals surface area contributed by atoms with E-state index in [2.05, 4.69) is 25.9 Å². The molecule has 0 saturated heterocycles. The standard InChI is InChI=1S/C28H35N7O4S2.ClH/c1-16(2)23-27-33-20(14-41-27)24(37)30-10-7-11-35(28(39)17(3)29)13-22(36)31-19(12-18-8-5-4-6-9-18)26-32-21(15-40-26)25(38)34-23;/h4-6,8-9,14-17,19,23H,7,10-13,29H2,1-3H3,(H,30,37)(H,31,36)(H,34,38);1H/t17-,19?,23+;/m1./s1. The topological polar surface area (TPSA) is 159 Å². The van der Waals surface area contributed by atoms with Crippen LogP contribution in [0.15, 0.2) is 41.1 Å². The summed E-state index contributed by atoms with van der Waals surface area (Å²) < 4.78 is 0. The average molecular weight is 634 g/mol. The zero-order valence-electron chi connectivity index (χ0n) is 23.7. The van der Waals surface area contributed by atoms with E-state index in [0.29, 0.717) is 22.9 Å². The molecule has 1 aliphatic heterocycles. The number of hydrogen-bond acceptors (Lipinski definition) is 9. The van der Waals surface area contributed by atoms with E-state index in [0.717, 1.165) is 5.56 Å². The molecule has 4 rings (SSSR count). The van der Waals surface area contributed by atoms with Crippen LogP contribution in [0.25, 0.3) is 0 Å². The number of halogens is 1. The number of aromatic nitrogens is 2. The van der Waals surface area contributed by atoms with Crippen molar-refractivity contribution in [3.8, 4) is 0 Å². The van der Waals surface area contributed by atoms with E-state index < -0.39 is 18.1 Å². The number of benzene rings is 1. The molecule has 3 atom stereocenters. The third kappa shape index (κ3) is 8.57. The fourth-order valence-corrected chi connectivity index (χ4v) is 6.27. The number of amides is 4. The minimum absolute atomic E-state index is 0. The summed E-state index contributed by atoms with van der Waals surface area (Å²) in [5.41, 5.74) is 7.32. The maximum Gasteiger partial charge on any atom is 0.271 e. The Morgan fingerprint density at radius 2 is 1.64 bits per heavy atom. The minimum atomic E-state index is -0.790. The molecule has 0 radical (unpaired) electrons. The summed E-state index contributed by atoms with van der Waals surface area (Å²) in [5.74, 6) is -1.46. The first-order chi connectivity index (χ1) is 19.6. The van der Waals surface area contributed by atoms with E-state index in [1.165, 1.54) is 27.6 Å². The molecule has 0 saturated carbocycles. The number of thiazole rings is 2. The molecule has 42 heavy (non-hydrogen) atoms. The van der Waals surface area contributed by atoms with Crippen molar-refractivity contribution in [1.82, 2.24) is 30.8 Å². The van der Waals surface area contributed by atoms with Crippen molar-refractivity contribution in [2.24, 2.45) is 11.7 Å². The number of rotatable bonds is 4. The van der Waals surface area contributed by atoms with Gasteiger partial charge < -0.3 is 26.6 Å². The fourth-order valence-electron chi connectivity index (χ4n) is 4.40. The number of nitrogens with zero attached hydrogens (tertiary/aromatic N) is 3. The molecule has 14 heteroatoms. The zero-order chi connectivity index (χ0) is 29.5. The summed E-state index contributed by atoms with van der Waals surface area (Å²) >= 11 is 2.59. The van der Waals surface area contributed by atoms with E-state index in [-0.39, 0.29) is 73.0 Å². The summed E-state index contributed by atoms with van der Waals surface area (Å²) in [5, 5.41) is 13.4. The van der Waals surface area contributed by atoms with Gasteiger partial charge in [-0.25, -0.2) is 9.97 Å². The summed E-state index contributed by atoms with van der Waals surface area (Å²) in [4.78, 5) is 62.6. The van der Waals surface area contributed by atoms with Gasteiger partial charge in [0.05, 0.1) is 24.7 Å². The van der Waals surface area contributed by atoms with E-state index in [4.69, 9.17) is 5.73 Å². The summed E-state index contributed by atoms with van der Waals surface area (Å²) in [7, 11) is 0. The lowest BCUT2D eigenvalue weighted by molar-refractivity contribution is -0.137. The Morgan fingerprint density at radius 3 is 2.31 bits per heavy atom. The monoisotopic (exact) mass is 633 g/mol. The molecule has 3 aromatic rings. The molecule has 1 aliphatic rings. The van der Waals surface area contributed by atoms with E-state index in [1.807, 2.05) is 44.2 Å². The largest absolute Gasteiger partial charge is 0.351 e. The van der Waals surface area contributed by atoms with Crippen LogP contribution in [-0.2, 0) is 16.0 Å². The number of carbonyl (C=O) groups is 4. The first-order valence-electron chi connectivity index (χ1n) is 13.5. The molecular formula is C28H36ClN7O4S2. The van der Waals surface area contributed by atoms with Gasteiger partial charge >= 0.3 is 0 Å². The van der Waals surface area contributed by atoms with Gasteiger partial charge in [-0.15, -0.1) is 35.1 Å². The number of hydrogen-bond donors (Lipinski definition) is 4. The van der Waals surface area contributed by atoms with Gasteiger partial charge in [0, 0.05) is 23.8 Å². The number of nitrogens with one attached hydrogen (secondary N) is 3. The second kappa shape index (κ2) is 15.2. The highest BCUT2D eigenvalue weighted by Crippen LogP contribution is 2.27. The molecule has 2 aromatic heterocycles. The van der Waals surface area contributed by atoms with Gasteiger partial charge in [0.2, 0.25) is 11.8 Å². The van der Waals surface area contributed by atoms with Crippen LogP contribution in [0, 0.1) is 5.92 Å². The lowest BCUT2D eigenvalue weighted by Crippen LogP contribution is -2.48. The van der Waals surface area contributed by atoms with Crippen molar-refractivity contribution < 1.29 is 19.2 Å². The Morgan fingerprint density at radius 1 is 1.00 bits per heavy atom. The predicted octanol–water partition coefficient (Wildman–Crippen LogP) is 2.86. The van der Waals surface area contributed by atoms with Crippen molar-refractivity contribution >= 4 is 58.7 Å². The van der Waals surface area contributed by atoms with E-state index in [1.54, 1.807) is 17.7 Å². The molecule has 11 nitrogen and oxygen atoms in total. The van der Waals surface area contributed by atoms with Crippen LogP contribution in [0.2, 0.25) is 0 Å². The van der Waals surface area contributed by atoms with Crippen LogP contribution in [0.4, 0.5) is 0 Å². The molecular weight excluding hydrogens is 598 g/mol. The van der Waals surface area contributed by atoms with Crippen LogP contribution < -0.4 is 21.7 Å². The van der Waals surface area contributed by atoms with Gasteiger partial charge in [-0.3, -0.25) is 19.2 Å². The lowest BCUT2D eigenvalue weighted by atomic mass is 10.0. The van der Waals surface area contributed by atoms with Crippen LogP contribution in [0.5, 0.6) is 0 Å². The van der Waals surface area contributed by atoms with Crippen molar-refractivity contribution in [1.29, 1.82) is 0 Å². The smallest absolute Gasteiger partial charge is 0.271 e. The van der Waals surface area contributed by atoms with Crippen molar-refractivity contribution in [2.45, 2.75) is 51.7 Å². The Labute approximate surface area is 259 Å². The summed E-state index contributed by atoms with van der Waals surface area (Å²) in [6.45, 7) is 5.81. The fraction of sp³-hybridized carbons (Fsp3) is 0.429. The average Bonchev–Trinajstić information content (AvgIpc) is 3.63. The second-order valence-electron chi connectivity index (χ2n) is 10.3. The van der Waals surface area contributed by atoms with Gasteiger partial charge in [0.1, 0.15) is 21.4 Å². The van der Waals surface area contributed by atoms with Gasteiger partial charge in [0.25, 0.3) is 11.8 Å². The van der Waals surface area contributed by atoms with Gasteiger partial charge in [-0.1, -0.05) is 44.2 Å². The van der Waals surface area contributed by atoms with Crippen LogP contribution in [0.1, 0.15) is 75.8 Å². The minimum Gasteiger partial charge on any atom is -0.351 e. The predicted molar refractivity (Wildman–Crippen MR) is 165 cm³/mol. The Hall–Kier alpha value is -3.39. The molecule has 1 aromatic carbocycles. The lowest BCUT2D eigenvalue weighted by Gasteiger charge is -2.25. The zero-order valence-corrected chi connectivity index (χ0v) is 26.1. The normalized spacial score (nSPS) is 19.4. The first-order valence-corrected chi connectivity index (χ1v) is 15.3. The van der Waals surface area contributed by atoms with Crippen molar-refractivity contribution in [2.75, 3.05) is 19.6 Å². The molecule has 0 aliphatic carbocycles. The molecule has 4 amide bonds. The number of fused-ring (bicyclic) bond motifs is 4. The molecule has 5 N–H and O–H groups in total. The first kappa shape index (κ1) is 33.1. The molecule has 0 fully saturated rings. The highest BCUT2D eigenvalue weighted by Gasteiger charge is 2.27. The van der Waals surface area contributed by atoms with Crippen LogP contribution >= 0.6 is 35.1 Å². The summed E-state index contributed by atoms with van der Waals surface area (Å²) in [6.07, 6.45) is 0.868. The molecule has 4 bridgehead atoms. The van der Waals surface area contributed by atoms with Crippen LogP contribution in [-0.4, -0.2) is 64.2 Å². The van der Waals surface area contributed by atoms with E-state index in [9.17, 15) is 19.2 Å². The number of nitrogens with two attached hydrogens (primary N) is 1.